The van der Waals surface area contributed by atoms with Crippen LogP contribution < -0.4 is 0 Å². The molecule has 0 saturated carbocycles. The highest BCUT2D eigenvalue weighted by atomic mass is 19.4. The van der Waals surface area contributed by atoms with Crippen LogP contribution in [0.25, 0.3) is 0 Å². The molecule has 0 bridgehead atoms. The van der Waals surface area contributed by atoms with E-state index in [1.165, 1.54) is 13.8 Å². The Bertz CT molecular complexity index is 831. The fraction of sp³-hybridized carbons (Fsp3) is 0.684. The minimum Gasteiger partial charge on any atom is -0.384 e. The minimum absolute atomic E-state index is 0.341. The second-order valence-corrected chi connectivity index (χ2v) is 8.04. The fourth-order valence-electron chi connectivity index (χ4n) is 3.49. The van der Waals surface area contributed by atoms with Gasteiger partial charge in [-0.05, 0) is 19.4 Å². The highest BCUT2D eigenvalue weighted by molar-refractivity contribution is 5.14. The largest absolute Gasteiger partial charge is 0.460 e. The Hall–Kier alpha value is -1.61. The first-order chi connectivity index (χ1) is 14.9. The number of alkyl halides is 9. The van der Waals surface area contributed by atoms with Crippen LogP contribution in [-0.2, 0) is 25.6 Å². The molecular weight excluding hydrogens is 479 g/mol. The number of benzene rings is 1. The Labute approximate surface area is 181 Å². The van der Waals surface area contributed by atoms with Crippen molar-refractivity contribution in [2.45, 2.75) is 80.9 Å². The molecule has 0 aromatic heterocycles. The number of fused-ring (bicyclic) bond motifs is 1. The second kappa shape index (κ2) is 8.26. The predicted octanol–water partition coefficient (Wildman–Crippen LogP) is 4.28. The average molecular weight is 498 g/mol. The highest BCUT2D eigenvalue weighted by Crippen LogP contribution is 2.55. The van der Waals surface area contributed by atoms with E-state index < -0.39 is 60.4 Å². The summed E-state index contributed by atoms with van der Waals surface area (Å²) in [5.74, 6) is -21.8. The molecule has 2 aliphatic rings. The number of hydrogen-bond acceptors (Lipinski definition) is 5. The van der Waals surface area contributed by atoms with Gasteiger partial charge in [0, 0.05) is 0 Å². The standard InChI is InChI=1S/C19H19F9O5/c1-15(2)32-12-10(30-8-9-6-4-3-5-7-9)11(31-14(12)33-15)13(29)16(20,21)17(22,23)18(24,25)19(26,27)28/h3-7,10-14,29H,8H2,1-2H3/t10-,11-,12+,13-,14+/m0/s1. The molecule has 188 valence electrons. The van der Waals surface area contributed by atoms with Crippen LogP contribution >= 0.6 is 0 Å². The van der Waals surface area contributed by atoms with Crippen LogP contribution in [0.1, 0.15) is 19.4 Å². The number of rotatable bonds is 7. The number of aliphatic hydroxyl groups is 1. The lowest BCUT2D eigenvalue weighted by Gasteiger charge is -2.38. The molecule has 0 amide bonds. The van der Waals surface area contributed by atoms with Gasteiger partial charge >= 0.3 is 23.9 Å². The quantitative estimate of drug-likeness (QED) is 0.569. The summed E-state index contributed by atoms with van der Waals surface area (Å²) in [6.07, 6.45) is -18.1. The molecule has 33 heavy (non-hydrogen) atoms. The van der Waals surface area contributed by atoms with E-state index in [0.717, 1.165) is 0 Å². The van der Waals surface area contributed by atoms with E-state index >= 15 is 0 Å². The summed E-state index contributed by atoms with van der Waals surface area (Å²) in [4.78, 5) is 0. The molecule has 0 radical (unpaired) electrons. The molecule has 0 spiro atoms. The van der Waals surface area contributed by atoms with Crippen LogP contribution in [0.2, 0.25) is 0 Å². The molecule has 1 aromatic rings. The van der Waals surface area contributed by atoms with Gasteiger partial charge in [0.2, 0.25) is 0 Å². The SMILES string of the molecule is CC1(C)O[C@H]2O[C@H]([C@H](O)C(F)(F)C(F)(F)C(F)(F)C(F)(F)F)[C@H](OCc3ccccc3)[C@H]2O1. The molecule has 5 nitrogen and oxygen atoms in total. The summed E-state index contributed by atoms with van der Waals surface area (Å²) in [5, 5.41) is 9.95. The molecule has 5 atom stereocenters. The van der Waals surface area contributed by atoms with Gasteiger partial charge in [0.25, 0.3) is 0 Å². The first kappa shape index (κ1) is 26.0. The van der Waals surface area contributed by atoms with E-state index in [4.69, 9.17) is 18.9 Å². The summed E-state index contributed by atoms with van der Waals surface area (Å²) < 4.78 is 141. The first-order valence-corrected chi connectivity index (χ1v) is 9.47. The van der Waals surface area contributed by atoms with Gasteiger partial charge in [-0.15, -0.1) is 0 Å². The Morgan fingerprint density at radius 3 is 2.06 bits per heavy atom. The van der Waals surface area contributed by atoms with Crippen molar-refractivity contribution in [2.24, 2.45) is 0 Å². The van der Waals surface area contributed by atoms with E-state index in [1.54, 1.807) is 30.3 Å². The normalized spacial score (nSPS) is 29.2. The zero-order valence-corrected chi connectivity index (χ0v) is 17.0. The van der Waals surface area contributed by atoms with Crippen molar-refractivity contribution in [2.75, 3.05) is 0 Å². The average Bonchev–Trinajstić information content (AvgIpc) is 3.16. The van der Waals surface area contributed by atoms with Crippen molar-refractivity contribution >= 4 is 0 Å². The van der Waals surface area contributed by atoms with Gasteiger partial charge in [0.05, 0.1) is 6.61 Å². The van der Waals surface area contributed by atoms with E-state index in [2.05, 4.69) is 0 Å². The third-order valence-electron chi connectivity index (χ3n) is 5.16. The summed E-state index contributed by atoms with van der Waals surface area (Å²) in [6.45, 7) is 2.44. The van der Waals surface area contributed by atoms with E-state index in [-0.39, 0.29) is 6.61 Å². The molecule has 2 fully saturated rings. The minimum atomic E-state index is -7.16. The lowest BCUT2D eigenvalue weighted by molar-refractivity contribution is -0.411. The van der Waals surface area contributed by atoms with E-state index in [1.807, 2.05) is 0 Å². The second-order valence-electron chi connectivity index (χ2n) is 8.04. The van der Waals surface area contributed by atoms with Crippen molar-refractivity contribution in [1.82, 2.24) is 0 Å². The molecular formula is C19H19F9O5. The fourth-order valence-corrected chi connectivity index (χ4v) is 3.49. The molecule has 1 aromatic carbocycles. The molecule has 14 heteroatoms. The van der Waals surface area contributed by atoms with E-state index in [0.29, 0.717) is 5.56 Å². The van der Waals surface area contributed by atoms with Crippen molar-refractivity contribution in [1.29, 1.82) is 0 Å². The number of ether oxygens (including phenoxy) is 4. The molecule has 0 unspecified atom stereocenters. The van der Waals surface area contributed by atoms with Gasteiger partial charge in [-0.1, -0.05) is 30.3 Å². The zero-order valence-electron chi connectivity index (χ0n) is 17.0. The maximum Gasteiger partial charge on any atom is 0.460 e. The predicted molar refractivity (Wildman–Crippen MR) is 90.6 cm³/mol. The topological polar surface area (TPSA) is 57.2 Å². The first-order valence-electron chi connectivity index (χ1n) is 9.47. The van der Waals surface area contributed by atoms with Crippen molar-refractivity contribution in [3.63, 3.8) is 0 Å². The maximum absolute atomic E-state index is 14.3. The van der Waals surface area contributed by atoms with Crippen molar-refractivity contribution in [3.05, 3.63) is 35.9 Å². The maximum atomic E-state index is 14.3. The zero-order chi connectivity index (χ0) is 25.0. The Kier molecular flexibility index (Phi) is 6.50. The Morgan fingerprint density at radius 2 is 1.52 bits per heavy atom. The van der Waals surface area contributed by atoms with Crippen LogP contribution in [0.4, 0.5) is 39.5 Å². The van der Waals surface area contributed by atoms with Crippen LogP contribution in [0.15, 0.2) is 30.3 Å². The highest BCUT2D eigenvalue weighted by Gasteiger charge is 2.84. The lowest BCUT2D eigenvalue weighted by Crippen LogP contribution is -2.67. The third kappa shape index (κ3) is 4.43. The molecule has 2 heterocycles. The van der Waals surface area contributed by atoms with Crippen LogP contribution in [0.3, 0.4) is 0 Å². The van der Waals surface area contributed by atoms with Gasteiger partial charge in [0.1, 0.15) is 18.3 Å². The van der Waals surface area contributed by atoms with Crippen LogP contribution in [0.5, 0.6) is 0 Å². The molecule has 3 rings (SSSR count). The number of halogens is 9. The van der Waals surface area contributed by atoms with Crippen LogP contribution in [0, 0.1) is 0 Å². The van der Waals surface area contributed by atoms with Gasteiger partial charge in [0.15, 0.2) is 18.2 Å². The third-order valence-corrected chi connectivity index (χ3v) is 5.16. The molecule has 0 aliphatic carbocycles. The van der Waals surface area contributed by atoms with Gasteiger partial charge in [-0.25, -0.2) is 0 Å². The monoisotopic (exact) mass is 498 g/mol. The van der Waals surface area contributed by atoms with Gasteiger partial charge < -0.3 is 24.1 Å². The number of hydrogen-bond donors (Lipinski definition) is 1. The molecule has 1 N–H and O–H groups in total. The van der Waals surface area contributed by atoms with Crippen LogP contribution in [-0.4, -0.2) is 65.5 Å². The molecule has 2 saturated heterocycles. The Morgan fingerprint density at radius 1 is 0.939 bits per heavy atom. The van der Waals surface area contributed by atoms with Gasteiger partial charge in [-0.2, -0.15) is 39.5 Å². The van der Waals surface area contributed by atoms with E-state index in [9.17, 15) is 44.6 Å². The summed E-state index contributed by atoms with van der Waals surface area (Å²) in [5.41, 5.74) is 0.466. The summed E-state index contributed by atoms with van der Waals surface area (Å²) in [7, 11) is 0. The smallest absolute Gasteiger partial charge is 0.384 e. The Balaban J connectivity index is 1.89. The lowest BCUT2D eigenvalue weighted by atomic mass is 9.93. The summed E-state index contributed by atoms with van der Waals surface area (Å²) >= 11 is 0. The van der Waals surface area contributed by atoms with Gasteiger partial charge in [-0.3, -0.25) is 0 Å². The number of aliphatic hydroxyl groups excluding tert-OH is 1. The van der Waals surface area contributed by atoms with Crippen molar-refractivity contribution < 1.29 is 63.6 Å². The molecule has 2 aliphatic heterocycles. The summed E-state index contributed by atoms with van der Waals surface area (Å²) in [6, 6.07) is 7.91. The van der Waals surface area contributed by atoms with Crippen molar-refractivity contribution in [3.8, 4) is 0 Å².